The molecule has 0 bridgehead atoms. The summed E-state index contributed by atoms with van der Waals surface area (Å²) in [7, 11) is 1.79. The third kappa shape index (κ3) is 4.10. The Morgan fingerprint density at radius 3 is 2.74 bits per heavy atom. The van der Waals surface area contributed by atoms with Crippen LogP contribution in [0.3, 0.4) is 0 Å². The molecule has 3 rings (SSSR count). The van der Waals surface area contributed by atoms with Crippen LogP contribution in [-0.4, -0.2) is 70.2 Å². The lowest BCUT2D eigenvalue weighted by Gasteiger charge is -2.33. The highest BCUT2D eigenvalue weighted by molar-refractivity contribution is 5.93. The minimum absolute atomic E-state index is 0.0872. The molecule has 0 radical (unpaired) electrons. The molecule has 0 aromatic carbocycles. The molecule has 7 heteroatoms. The molecule has 1 atom stereocenters. The van der Waals surface area contributed by atoms with Crippen molar-refractivity contribution in [3.63, 3.8) is 0 Å². The van der Waals surface area contributed by atoms with Crippen molar-refractivity contribution >= 4 is 11.8 Å². The number of rotatable bonds is 4. The number of hydrogen-bond donors (Lipinski definition) is 1. The minimum Gasteiger partial charge on any atom is -0.348 e. The first-order chi connectivity index (χ1) is 11.1. The third-order valence-corrected chi connectivity index (χ3v) is 4.63. The summed E-state index contributed by atoms with van der Waals surface area (Å²) in [6.45, 7) is 3.94. The fraction of sp³-hybridized carbons (Fsp3) is 0.688. The number of nitrogens with zero attached hydrogens (tertiary/aromatic N) is 4. The molecule has 126 valence electrons. The van der Waals surface area contributed by atoms with Gasteiger partial charge in [-0.2, -0.15) is 5.10 Å². The first-order valence-electron chi connectivity index (χ1n) is 8.41. The van der Waals surface area contributed by atoms with Gasteiger partial charge < -0.3 is 10.2 Å². The molecule has 2 aliphatic heterocycles. The Balaban J connectivity index is 1.49. The van der Waals surface area contributed by atoms with Crippen LogP contribution in [0, 0.1) is 0 Å². The molecule has 3 heterocycles. The monoisotopic (exact) mass is 319 g/mol. The van der Waals surface area contributed by atoms with E-state index in [4.69, 9.17) is 0 Å². The quantitative estimate of drug-likeness (QED) is 0.863. The molecule has 1 N–H and O–H groups in total. The first kappa shape index (κ1) is 16.0. The van der Waals surface area contributed by atoms with Crippen molar-refractivity contribution in [1.29, 1.82) is 0 Å². The lowest BCUT2D eigenvalue weighted by molar-refractivity contribution is -0.131. The summed E-state index contributed by atoms with van der Waals surface area (Å²) in [4.78, 5) is 28.6. The summed E-state index contributed by atoms with van der Waals surface area (Å²) in [5, 5.41) is 7.09. The van der Waals surface area contributed by atoms with E-state index in [1.54, 1.807) is 24.1 Å². The lowest BCUT2D eigenvalue weighted by atomic mass is 10.1. The number of carbonyl (C=O) groups excluding carboxylic acids is 2. The fourth-order valence-electron chi connectivity index (χ4n) is 3.38. The molecule has 23 heavy (non-hydrogen) atoms. The van der Waals surface area contributed by atoms with E-state index in [2.05, 4.69) is 15.3 Å². The molecule has 0 spiro atoms. The normalized spacial score (nSPS) is 22.3. The van der Waals surface area contributed by atoms with Crippen molar-refractivity contribution in [2.75, 3.05) is 32.7 Å². The maximum Gasteiger partial charge on any atom is 0.254 e. The van der Waals surface area contributed by atoms with Crippen LogP contribution in [0.1, 0.15) is 36.0 Å². The molecule has 2 aliphatic rings. The number of carbonyl (C=O) groups is 2. The Morgan fingerprint density at radius 1 is 1.26 bits per heavy atom. The van der Waals surface area contributed by atoms with Crippen LogP contribution >= 0.6 is 0 Å². The van der Waals surface area contributed by atoms with Gasteiger partial charge in [0.2, 0.25) is 5.91 Å². The van der Waals surface area contributed by atoms with Gasteiger partial charge in [-0.3, -0.25) is 19.2 Å². The second-order valence-electron chi connectivity index (χ2n) is 6.54. The van der Waals surface area contributed by atoms with Crippen LogP contribution < -0.4 is 5.32 Å². The second kappa shape index (κ2) is 7.12. The molecule has 1 aromatic heterocycles. The zero-order valence-electron chi connectivity index (χ0n) is 13.7. The maximum absolute atomic E-state index is 12.3. The highest BCUT2D eigenvalue weighted by atomic mass is 16.2. The zero-order valence-corrected chi connectivity index (χ0v) is 13.7. The Labute approximate surface area is 136 Å². The van der Waals surface area contributed by atoms with E-state index in [1.807, 2.05) is 4.90 Å². The number of aryl methyl sites for hydroxylation is 1. The van der Waals surface area contributed by atoms with Crippen LogP contribution in [-0.2, 0) is 11.8 Å². The lowest BCUT2D eigenvalue weighted by Crippen LogP contribution is -2.50. The molecule has 1 aromatic rings. The van der Waals surface area contributed by atoms with Gasteiger partial charge in [0.05, 0.1) is 18.3 Å². The Kier molecular flexibility index (Phi) is 4.95. The highest BCUT2D eigenvalue weighted by Gasteiger charge is 2.26. The van der Waals surface area contributed by atoms with Crippen molar-refractivity contribution in [2.45, 2.75) is 31.7 Å². The van der Waals surface area contributed by atoms with Gasteiger partial charge >= 0.3 is 0 Å². The van der Waals surface area contributed by atoms with Crippen LogP contribution in [0.15, 0.2) is 12.4 Å². The van der Waals surface area contributed by atoms with E-state index in [0.29, 0.717) is 12.1 Å². The minimum atomic E-state index is -0.0872. The predicted octanol–water partition coefficient (Wildman–Crippen LogP) is 0.237. The average Bonchev–Trinajstić information content (AvgIpc) is 3.18. The number of aromatic nitrogens is 2. The van der Waals surface area contributed by atoms with Crippen LogP contribution in [0.25, 0.3) is 0 Å². The van der Waals surface area contributed by atoms with Gasteiger partial charge in [-0.05, 0) is 32.2 Å². The number of nitrogens with one attached hydrogen (secondary N) is 1. The van der Waals surface area contributed by atoms with Crippen LogP contribution in [0.5, 0.6) is 0 Å². The van der Waals surface area contributed by atoms with Crippen molar-refractivity contribution in [3.05, 3.63) is 18.0 Å². The molecule has 7 nitrogen and oxygen atoms in total. The topological polar surface area (TPSA) is 70.5 Å². The van der Waals surface area contributed by atoms with Gasteiger partial charge in [0.25, 0.3) is 5.91 Å². The van der Waals surface area contributed by atoms with E-state index in [1.165, 1.54) is 0 Å². The highest BCUT2D eigenvalue weighted by Crippen LogP contribution is 2.13. The smallest absolute Gasteiger partial charge is 0.254 e. The summed E-state index contributed by atoms with van der Waals surface area (Å²) < 4.78 is 1.62. The summed E-state index contributed by atoms with van der Waals surface area (Å²) in [6.07, 6.45) is 7.50. The molecular weight excluding hydrogens is 294 g/mol. The van der Waals surface area contributed by atoms with Crippen molar-refractivity contribution in [1.82, 2.24) is 24.9 Å². The molecule has 2 amide bonds. The van der Waals surface area contributed by atoms with Gasteiger partial charge in [-0.1, -0.05) is 0 Å². The number of amides is 2. The molecular formula is C16H25N5O2. The Morgan fingerprint density at radius 2 is 2.04 bits per heavy atom. The van der Waals surface area contributed by atoms with Gasteiger partial charge in [-0.15, -0.1) is 0 Å². The summed E-state index contributed by atoms with van der Waals surface area (Å²) in [5.74, 6) is 0.137. The van der Waals surface area contributed by atoms with E-state index >= 15 is 0 Å². The molecule has 0 saturated carbocycles. The number of likely N-dealkylation sites (tertiary alicyclic amines) is 2. The molecule has 2 fully saturated rings. The van der Waals surface area contributed by atoms with Gasteiger partial charge in [0, 0.05) is 38.9 Å². The van der Waals surface area contributed by atoms with E-state index in [0.717, 1.165) is 51.9 Å². The van der Waals surface area contributed by atoms with Crippen LogP contribution in [0.2, 0.25) is 0 Å². The van der Waals surface area contributed by atoms with Crippen molar-refractivity contribution in [2.24, 2.45) is 7.05 Å². The summed E-state index contributed by atoms with van der Waals surface area (Å²) >= 11 is 0. The maximum atomic E-state index is 12.3. The van der Waals surface area contributed by atoms with Gasteiger partial charge in [-0.25, -0.2) is 0 Å². The number of piperidine rings is 1. The summed E-state index contributed by atoms with van der Waals surface area (Å²) in [5.41, 5.74) is 0.581. The van der Waals surface area contributed by atoms with Crippen LogP contribution in [0.4, 0.5) is 0 Å². The predicted molar refractivity (Wildman–Crippen MR) is 86.0 cm³/mol. The van der Waals surface area contributed by atoms with E-state index < -0.39 is 0 Å². The standard InChI is InChI=1S/C16H25N5O2/c1-19-10-13(9-17-19)16(23)18-14-5-4-6-20(11-14)12-15(22)21-7-2-3-8-21/h9-10,14H,2-8,11-12H2,1H3,(H,18,23). The van der Waals surface area contributed by atoms with E-state index in [-0.39, 0.29) is 17.9 Å². The zero-order chi connectivity index (χ0) is 16.2. The van der Waals surface area contributed by atoms with Crippen molar-refractivity contribution < 1.29 is 9.59 Å². The molecule has 2 saturated heterocycles. The first-order valence-corrected chi connectivity index (χ1v) is 8.41. The molecule has 1 unspecified atom stereocenters. The average molecular weight is 319 g/mol. The van der Waals surface area contributed by atoms with Crippen molar-refractivity contribution in [3.8, 4) is 0 Å². The van der Waals surface area contributed by atoms with Gasteiger partial charge in [0.1, 0.15) is 0 Å². The van der Waals surface area contributed by atoms with Gasteiger partial charge in [0.15, 0.2) is 0 Å². The van der Waals surface area contributed by atoms with E-state index in [9.17, 15) is 9.59 Å². The third-order valence-electron chi connectivity index (χ3n) is 4.63. The SMILES string of the molecule is Cn1cc(C(=O)NC2CCCN(CC(=O)N3CCCC3)C2)cn1. The number of hydrogen-bond acceptors (Lipinski definition) is 4. The molecule has 0 aliphatic carbocycles. The second-order valence-corrected chi connectivity index (χ2v) is 6.54. The Hall–Kier alpha value is -1.89. The largest absolute Gasteiger partial charge is 0.348 e. The summed E-state index contributed by atoms with van der Waals surface area (Å²) in [6, 6.07) is 0.0998. The fourth-order valence-corrected chi connectivity index (χ4v) is 3.38. The Bertz CT molecular complexity index is 565.